The Kier molecular flexibility index (Phi) is 3.73. The van der Waals surface area contributed by atoms with E-state index in [1.165, 1.54) is 0 Å². The van der Waals surface area contributed by atoms with Gasteiger partial charge in [-0.2, -0.15) is 10.4 Å². The highest BCUT2D eigenvalue weighted by atomic mass is 16.5. The van der Waals surface area contributed by atoms with Crippen molar-refractivity contribution in [1.82, 2.24) is 10.3 Å². The SMILES string of the molecule is N#C/C=N/NC(=O)N1CCOCC1. The first-order chi connectivity index (χ1) is 6.34. The van der Waals surface area contributed by atoms with Gasteiger partial charge in [-0.25, -0.2) is 10.2 Å². The van der Waals surface area contributed by atoms with E-state index in [2.05, 4.69) is 10.5 Å². The van der Waals surface area contributed by atoms with Crippen molar-refractivity contribution in [3.05, 3.63) is 0 Å². The van der Waals surface area contributed by atoms with Gasteiger partial charge in [-0.1, -0.05) is 0 Å². The van der Waals surface area contributed by atoms with Crippen molar-refractivity contribution < 1.29 is 9.53 Å². The number of nitrogens with zero attached hydrogens (tertiary/aromatic N) is 3. The summed E-state index contributed by atoms with van der Waals surface area (Å²) in [5.74, 6) is 0. The zero-order valence-corrected chi connectivity index (χ0v) is 7.06. The fourth-order valence-corrected chi connectivity index (χ4v) is 0.954. The van der Waals surface area contributed by atoms with E-state index >= 15 is 0 Å². The third-order valence-corrected chi connectivity index (χ3v) is 1.58. The first-order valence-electron chi connectivity index (χ1n) is 3.88. The summed E-state index contributed by atoms with van der Waals surface area (Å²) in [4.78, 5) is 12.8. The standard InChI is InChI=1S/C7H10N4O2/c8-1-2-9-10-7(12)11-3-5-13-6-4-11/h2H,3-6H2,(H,10,12)/b9-2+. The van der Waals surface area contributed by atoms with Crippen LogP contribution in [0.25, 0.3) is 0 Å². The minimum Gasteiger partial charge on any atom is -0.378 e. The van der Waals surface area contributed by atoms with E-state index in [0.717, 1.165) is 6.21 Å². The molecule has 0 aromatic rings. The highest BCUT2D eigenvalue weighted by Crippen LogP contribution is 1.96. The van der Waals surface area contributed by atoms with Crippen LogP contribution >= 0.6 is 0 Å². The number of carbonyl (C=O) groups is 1. The zero-order valence-electron chi connectivity index (χ0n) is 7.06. The van der Waals surface area contributed by atoms with Crippen molar-refractivity contribution in [2.75, 3.05) is 26.3 Å². The largest absolute Gasteiger partial charge is 0.378 e. The minimum absolute atomic E-state index is 0.296. The monoisotopic (exact) mass is 182 g/mol. The van der Waals surface area contributed by atoms with Gasteiger partial charge in [0.2, 0.25) is 0 Å². The van der Waals surface area contributed by atoms with E-state index in [9.17, 15) is 4.79 Å². The van der Waals surface area contributed by atoms with Gasteiger partial charge >= 0.3 is 6.03 Å². The van der Waals surface area contributed by atoms with E-state index < -0.39 is 0 Å². The second-order valence-corrected chi connectivity index (χ2v) is 2.40. The fraction of sp³-hybridized carbons (Fsp3) is 0.571. The molecule has 1 saturated heterocycles. The van der Waals surface area contributed by atoms with Crippen molar-refractivity contribution in [3.8, 4) is 6.07 Å². The third-order valence-electron chi connectivity index (χ3n) is 1.58. The molecule has 1 fully saturated rings. The molecular formula is C7H10N4O2. The van der Waals surface area contributed by atoms with Crippen LogP contribution in [0.4, 0.5) is 4.79 Å². The van der Waals surface area contributed by atoms with Crippen molar-refractivity contribution >= 4 is 12.2 Å². The van der Waals surface area contributed by atoms with Gasteiger partial charge in [-0.15, -0.1) is 0 Å². The van der Waals surface area contributed by atoms with Crippen LogP contribution in [0, 0.1) is 11.3 Å². The van der Waals surface area contributed by atoms with Crippen LogP contribution in [0.15, 0.2) is 5.10 Å². The van der Waals surface area contributed by atoms with Gasteiger partial charge in [-0.3, -0.25) is 0 Å². The molecule has 0 aromatic carbocycles. The maximum atomic E-state index is 11.2. The van der Waals surface area contributed by atoms with Crippen LogP contribution in [0.5, 0.6) is 0 Å². The molecule has 13 heavy (non-hydrogen) atoms. The molecule has 0 spiro atoms. The van der Waals surface area contributed by atoms with Crippen LogP contribution in [-0.2, 0) is 4.74 Å². The van der Waals surface area contributed by atoms with Gasteiger partial charge < -0.3 is 9.64 Å². The van der Waals surface area contributed by atoms with Crippen LogP contribution in [-0.4, -0.2) is 43.4 Å². The molecule has 1 heterocycles. The Balaban J connectivity index is 2.30. The van der Waals surface area contributed by atoms with Crippen LogP contribution in [0.3, 0.4) is 0 Å². The zero-order chi connectivity index (χ0) is 9.52. The van der Waals surface area contributed by atoms with Crippen LogP contribution in [0.2, 0.25) is 0 Å². The molecule has 0 aromatic heterocycles. The lowest BCUT2D eigenvalue weighted by molar-refractivity contribution is 0.0533. The van der Waals surface area contributed by atoms with Gasteiger partial charge in [0.25, 0.3) is 0 Å². The summed E-state index contributed by atoms with van der Waals surface area (Å²) in [6.07, 6.45) is 0.971. The molecule has 0 atom stereocenters. The van der Waals surface area contributed by atoms with Crippen LogP contribution < -0.4 is 5.43 Å². The lowest BCUT2D eigenvalue weighted by Crippen LogP contribution is -2.44. The van der Waals surface area contributed by atoms with E-state index in [1.807, 2.05) is 0 Å². The summed E-state index contributed by atoms with van der Waals surface area (Å²) in [6.45, 7) is 2.23. The fourth-order valence-electron chi connectivity index (χ4n) is 0.954. The molecule has 0 saturated carbocycles. The highest BCUT2D eigenvalue weighted by molar-refractivity contribution is 5.79. The molecular weight excluding hydrogens is 172 g/mol. The van der Waals surface area contributed by atoms with Gasteiger partial charge in [0.15, 0.2) is 0 Å². The molecule has 70 valence electrons. The number of nitrogens with one attached hydrogen (secondary N) is 1. The van der Waals surface area contributed by atoms with E-state index in [-0.39, 0.29) is 6.03 Å². The predicted octanol–water partition coefficient (Wildman–Crippen LogP) is -0.462. The van der Waals surface area contributed by atoms with E-state index in [0.29, 0.717) is 26.3 Å². The van der Waals surface area contributed by atoms with Gasteiger partial charge in [0.1, 0.15) is 12.3 Å². The molecule has 6 nitrogen and oxygen atoms in total. The smallest absolute Gasteiger partial charge is 0.337 e. The molecule has 2 amide bonds. The number of nitriles is 1. The normalized spacial score (nSPS) is 17.0. The number of rotatable bonds is 1. The number of morpholine rings is 1. The van der Waals surface area contributed by atoms with Crippen LogP contribution in [0.1, 0.15) is 0 Å². The van der Waals surface area contributed by atoms with Crippen molar-refractivity contribution in [2.45, 2.75) is 0 Å². The van der Waals surface area contributed by atoms with Crippen molar-refractivity contribution in [2.24, 2.45) is 5.10 Å². The second kappa shape index (κ2) is 5.11. The number of hydrazone groups is 1. The molecule has 6 heteroatoms. The predicted molar refractivity (Wildman–Crippen MR) is 45.0 cm³/mol. The number of hydrogen-bond acceptors (Lipinski definition) is 4. The Hall–Kier alpha value is -1.61. The Morgan fingerprint density at radius 2 is 2.31 bits per heavy atom. The Labute approximate surface area is 75.8 Å². The number of amides is 2. The average Bonchev–Trinajstić information content (AvgIpc) is 2.19. The molecule has 1 rings (SSSR count). The molecule has 0 unspecified atom stereocenters. The summed E-state index contributed by atoms with van der Waals surface area (Å²) < 4.78 is 5.06. The first kappa shape index (κ1) is 9.48. The third kappa shape index (κ3) is 3.09. The summed E-state index contributed by atoms with van der Waals surface area (Å²) >= 11 is 0. The first-order valence-corrected chi connectivity index (χ1v) is 3.88. The molecule has 1 N–H and O–H groups in total. The van der Waals surface area contributed by atoms with Gasteiger partial charge in [0, 0.05) is 13.1 Å². The highest BCUT2D eigenvalue weighted by Gasteiger charge is 2.15. The van der Waals surface area contributed by atoms with E-state index in [1.54, 1.807) is 11.0 Å². The topological polar surface area (TPSA) is 77.7 Å². The maximum Gasteiger partial charge on any atom is 0.337 e. The lowest BCUT2D eigenvalue weighted by atomic mass is 10.4. The summed E-state index contributed by atoms with van der Waals surface area (Å²) in [7, 11) is 0. The van der Waals surface area contributed by atoms with E-state index in [4.69, 9.17) is 10.00 Å². The number of hydrogen-bond donors (Lipinski definition) is 1. The quantitative estimate of drug-likeness (QED) is 0.440. The second-order valence-electron chi connectivity index (χ2n) is 2.40. The summed E-state index contributed by atoms with van der Waals surface area (Å²) in [5, 5.41) is 11.5. The lowest BCUT2D eigenvalue weighted by Gasteiger charge is -2.25. The molecule has 0 radical (unpaired) electrons. The number of carbonyl (C=O) groups excluding carboxylic acids is 1. The molecule has 0 bridgehead atoms. The summed E-state index contributed by atoms with van der Waals surface area (Å²) in [6, 6.07) is 1.38. The molecule has 1 aliphatic rings. The minimum atomic E-state index is -0.296. The van der Waals surface area contributed by atoms with Crippen molar-refractivity contribution in [1.29, 1.82) is 5.26 Å². The average molecular weight is 182 g/mol. The van der Waals surface area contributed by atoms with Gasteiger partial charge in [0.05, 0.1) is 13.2 Å². The van der Waals surface area contributed by atoms with Crippen molar-refractivity contribution in [3.63, 3.8) is 0 Å². The number of urea groups is 1. The Morgan fingerprint density at radius 1 is 1.62 bits per heavy atom. The Bertz CT molecular complexity index is 239. The molecule has 1 aliphatic heterocycles. The maximum absolute atomic E-state index is 11.2. The summed E-state index contributed by atoms with van der Waals surface area (Å²) in [5.41, 5.74) is 2.23. The van der Waals surface area contributed by atoms with Gasteiger partial charge in [-0.05, 0) is 0 Å². The molecule has 0 aliphatic carbocycles. The Morgan fingerprint density at radius 3 is 2.92 bits per heavy atom. The number of ether oxygens (including phenoxy) is 1.